The molecule has 4 nitrogen and oxygen atoms in total. The highest BCUT2D eigenvalue weighted by atomic mass is 32.1. The number of anilines is 1. The standard InChI is InChI=1S/C21H23N3OS/c1-14-11-18(15(2)24(14)12-16-7-4-3-5-8-16)19-13-26-21(22-19)23-20(25)17-9-6-10-17/h3-5,7-8,11,13,17H,6,9-10,12H2,1-2H3,(H,22,23,25). The van der Waals surface area contributed by atoms with E-state index < -0.39 is 0 Å². The van der Waals surface area contributed by atoms with Gasteiger partial charge in [0, 0.05) is 34.8 Å². The number of aromatic nitrogens is 2. The van der Waals surface area contributed by atoms with Crippen LogP contribution in [0.5, 0.6) is 0 Å². The summed E-state index contributed by atoms with van der Waals surface area (Å²) in [6.07, 6.45) is 3.17. The molecule has 2 aromatic heterocycles. The Morgan fingerprint density at radius 2 is 2.04 bits per heavy atom. The van der Waals surface area contributed by atoms with Crippen LogP contribution < -0.4 is 5.32 Å². The minimum absolute atomic E-state index is 0.117. The molecule has 3 aromatic rings. The monoisotopic (exact) mass is 365 g/mol. The number of nitrogens with zero attached hydrogens (tertiary/aromatic N) is 2. The highest BCUT2D eigenvalue weighted by Gasteiger charge is 2.26. The smallest absolute Gasteiger partial charge is 0.229 e. The number of thiazole rings is 1. The molecule has 1 aliphatic carbocycles. The first-order valence-corrected chi connectivity index (χ1v) is 9.97. The molecule has 1 aliphatic rings. The van der Waals surface area contributed by atoms with Crippen LogP contribution in [-0.4, -0.2) is 15.5 Å². The third-order valence-corrected chi connectivity index (χ3v) is 6.00. The van der Waals surface area contributed by atoms with Crippen LogP contribution in [0.4, 0.5) is 5.13 Å². The summed E-state index contributed by atoms with van der Waals surface area (Å²) in [7, 11) is 0. The molecule has 0 bridgehead atoms. The van der Waals surface area contributed by atoms with Crippen molar-refractivity contribution in [1.29, 1.82) is 0 Å². The van der Waals surface area contributed by atoms with Gasteiger partial charge in [-0.3, -0.25) is 4.79 Å². The lowest BCUT2D eigenvalue weighted by molar-refractivity contribution is -0.122. The van der Waals surface area contributed by atoms with Gasteiger partial charge in [-0.15, -0.1) is 11.3 Å². The molecule has 0 radical (unpaired) electrons. The molecule has 26 heavy (non-hydrogen) atoms. The van der Waals surface area contributed by atoms with E-state index in [0.29, 0.717) is 5.13 Å². The van der Waals surface area contributed by atoms with Crippen molar-refractivity contribution in [2.24, 2.45) is 5.92 Å². The van der Waals surface area contributed by atoms with Gasteiger partial charge < -0.3 is 9.88 Å². The van der Waals surface area contributed by atoms with E-state index in [4.69, 9.17) is 0 Å². The minimum Gasteiger partial charge on any atom is -0.344 e. The first-order chi connectivity index (χ1) is 12.6. The lowest BCUT2D eigenvalue weighted by Crippen LogP contribution is -2.27. The van der Waals surface area contributed by atoms with E-state index in [1.54, 1.807) is 0 Å². The predicted molar refractivity (Wildman–Crippen MR) is 107 cm³/mol. The van der Waals surface area contributed by atoms with Crippen molar-refractivity contribution in [3.8, 4) is 11.3 Å². The maximum absolute atomic E-state index is 12.1. The quantitative estimate of drug-likeness (QED) is 0.690. The Hall–Kier alpha value is -2.40. The van der Waals surface area contributed by atoms with Crippen LogP contribution in [0.15, 0.2) is 41.8 Å². The number of amides is 1. The molecule has 2 heterocycles. The maximum Gasteiger partial charge on any atom is 0.229 e. The first kappa shape index (κ1) is 17.0. The van der Waals surface area contributed by atoms with Gasteiger partial charge in [-0.05, 0) is 38.3 Å². The Morgan fingerprint density at radius 3 is 2.73 bits per heavy atom. The van der Waals surface area contributed by atoms with Crippen molar-refractivity contribution in [2.45, 2.75) is 39.7 Å². The van der Waals surface area contributed by atoms with Crippen molar-refractivity contribution in [2.75, 3.05) is 5.32 Å². The first-order valence-electron chi connectivity index (χ1n) is 9.09. The van der Waals surface area contributed by atoms with Gasteiger partial charge in [0.15, 0.2) is 5.13 Å². The lowest BCUT2D eigenvalue weighted by Gasteiger charge is -2.23. The molecule has 1 amide bonds. The average Bonchev–Trinajstić information content (AvgIpc) is 3.14. The van der Waals surface area contributed by atoms with Gasteiger partial charge in [0.25, 0.3) is 0 Å². The molecule has 134 valence electrons. The average molecular weight is 366 g/mol. The number of hydrogen-bond donors (Lipinski definition) is 1. The van der Waals surface area contributed by atoms with Crippen LogP contribution in [0.25, 0.3) is 11.3 Å². The zero-order chi connectivity index (χ0) is 18.1. The summed E-state index contributed by atoms with van der Waals surface area (Å²) in [5.41, 5.74) is 5.78. The molecule has 0 atom stereocenters. The Balaban J connectivity index is 1.54. The number of aryl methyl sites for hydroxylation is 1. The summed E-state index contributed by atoms with van der Waals surface area (Å²) < 4.78 is 2.32. The number of benzene rings is 1. The SMILES string of the molecule is Cc1cc(-c2csc(NC(=O)C3CCC3)n2)c(C)n1Cc1ccccc1. The second-order valence-electron chi connectivity index (χ2n) is 7.01. The molecule has 5 heteroatoms. The zero-order valence-corrected chi connectivity index (χ0v) is 16.0. The molecule has 1 aromatic carbocycles. The molecule has 1 saturated carbocycles. The highest BCUT2D eigenvalue weighted by molar-refractivity contribution is 7.14. The summed E-state index contributed by atoms with van der Waals surface area (Å²) >= 11 is 1.50. The Labute approximate surface area is 157 Å². The summed E-state index contributed by atoms with van der Waals surface area (Å²) in [5, 5.41) is 5.71. The van der Waals surface area contributed by atoms with Crippen LogP contribution in [0, 0.1) is 19.8 Å². The summed E-state index contributed by atoms with van der Waals surface area (Å²) in [4.78, 5) is 16.8. The van der Waals surface area contributed by atoms with Gasteiger partial charge in [0.05, 0.1) is 5.69 Å². The van der Waals surface area contributed by atoms with Gasteiger partial charge >= 0.3 is 0 Å². The Morgan fingerprint density at radius 1 is 1.27 bits per heavy atom. The molecule has 1 fully saturated rings. The van der Waals surface area contributed by atoms with Gasteiger partial charge in [-0.1, -0.05) is 36.8 Å². The second-order valence-corrected chi connectivity index (χ2v) is 7.87. The summed E-state index contributed by atoms with van der Waals surface area (Å²) in [6.45, 7) is 5.12. The Bertz CT molecular complexity index is 922. The van der Waals surface area contributed by atoms with Gasteiger partial charge in [-0.2, -0.15) is 0 Å². The Kier molecular flexibility index (Phi) is 4.64. The second kappa shape index (κ2) is 7.08. The topological polar surface area (TPSA) is 46.9 Å². The van der Waals surface area contributed by atoms with Gasteiger partial charge in [-0.25, -0.2) is 4.98 Å². The molecular formula is C21H23N3OS. The lowest BCUT2D eigenvalue weighted by atomic mass is 9.85. The van der Waals surface area contributed by atoms with E-state index in [1.807, 2.05) is 11.4 Å². The molecule has 0 unspecified atom stereocenters. The molecule has 0 spiro atoms. The van der Waals surface area contributed by atoms with Crippen LogP contribution in [0.3, 0.4) is 0 Å². The third kappa shape index (κ3) is 3.31. The van der Waals surface area contributed by atoms with Crippen molar-refractivity contribution in [1.82, 2.24) is 9.55 Å². The van der Waals surface area contributed by atoms with E-state index in [0.717, 1.165) is 37.1 Å². The fourth-order valence-corrected chi connectivity index (χ4v) is 4.12. The van der Waals surface area contributed by atoms with Crippen molar-refractivity contribution in [3.63, 3.8) is 0 Å². The molecule has 0 saturated heterocycles. The summed E-state index contributed by atoms with van der Waals surface area (Å²) in [6, 6.07) is 12.7. The van der Waals surface area contributed by atoms with E-state index in [9.17, 15) is 4.79 Å². The number of carbonyl (C=O) groups excluding carboxylic acids is 1. The van der Waals surface area contributed by atoms with Crippen molar-refractivity contribution >= 4 is 22.4 Å². The fourth-order valence-electron chi connectivity index (χ4n) is 3.40. The van der Waals surface area contributed by atoms with Gasteiger partial charge in [0.1, 0.15) is 0 Å². The molecule has 4 rings (SSSR count). The van der Waals surface area contributed by atoms with Crippen molar-refractivity contribution < 1.29 is 4.79 Å². The predicted octanol–water partition coefficient (Wildman–Crippen LogP) is 5.02. The molecule has 0 aliphatic heterocycles. The van der Waals surface area contributed by atoms with E-state index in [2.05, 4.69) is 59.0 Å². The van der Waals surface area contributed by atoms with E-state index >= 15 is 0 Å². The van der Waals surface area contributed by atoms with Crippen LogP contribution in [0.1, 0.15) is 36.2 Å². The zero-order valence-electron chi connectivity index (χ0n) is 15.2. The number of carbonyl (C=O) groups is 1. The normalized spacial score (nSPS) is 14.2. The molecular weight excluding hydrogens is 342 g/mol. The van der Waals surface area contributed by atoms with Crippen LogP contribution >= 0.6 is 11.3 Å². The summed E-state index contributed by atoms with van der Waals surface area (Å²) in [5.74, 6) is 0.296. The van der Waals surface area contributed by atoms with E-state index in [1.165, 1.54) is 28.3 Å². The van der Waals surface area contributed by atoms with Crippen LogP contribution in [0.2, 0.25) is 0 Å². The minimum atomic E-state index is 0.117. The fraction of sp³-hybridized carbons (Fsp3) is 0.333. The van der Waals surface area contributed by atoms with Crippen molar-refractivity contribution in [3.05, 3.63) is 58.7 Å². The third-order valence-electron chi connectivity index (χ3n) is 5.24. The number of rotatable bonds is 5. The number of nitrogens with one attached hydrogen (secondary N) is 1. The van der Waals surface area contributed by atoms with E-state index in [-0.39, 0.29) is 11.8 Å². The highest BCUT2D eigenvalue weighted by Crippen LogP contribution is 2.32. The largest absolute Gasteiger partial charge is 0.344 e. The van der Waals surface area contributed by atoms with Crippen LogP contribution in [-0.2, 0) is 11.3 Å². The maximum atomic E-state index is 12.1. The van der Waals surface area contributed by atoms with Gasteiger partial charge in [0.2, 0.25) is 5.91 Å². The number of hydrogen-bond acceptors (Lipinski definition) is 3. The molecule has 1 N–H and O–H groups in total.